The van der Waals surface area contributed by atoms with Crippen LogP contribution < -0.4 is 4.90 Å². The Morgan fingerprint density at radius 2 is 1.72 bits per heavy atom. The number of benzene rings is 1. The smallest absolute Gasteiger partial charge is 0.335 e. The summed E-state index contributed by atoms with van der Waals surface area (Å²) in [6, 6.07) is 9.53. The highest BCUT2D eigenvalue weighted by Crippen LogP contribution is 2.51. The second-order valence-electron chi connectivity index (χ2n) is 8.19. The molecule has 3 rings (SSSR count). The summed E-state index contributed by atoms with van der Waals surface area (Å²) in [4.78, 5) is 14.9. The van der Waals surface area contributed by atoms with E-state index in [1.165, 1.54) is 28.3 Å². The van der Waals surface area contributed by atoms with Crippen LogP contribution in [0.4, 0.5) is 10.7 Å². The third-order valence-electron chi connectivity index (χ3n) is 5.45. The van der Waals surface area contributed by atoms with Crippen LogP contribution in [0.25, 0.3) is 0 Å². The van der Waals surface area contributed by atoms with Crippen LogP contribution >= 0.6 is 11.3 Å². The van der Waals surface area contributed by atoms with Crippen LogP contribution in [0.15, 0.2) is 30.3 Å². The lowest BCUT2D eigenvalue weighted by Gasteiger charge is -2.39. The van der Waals surface area contributed by atoms with Crippen LogP contribution in [0, 0.1) is 0 Å². The average Bonchev–Trinajstić information content (AvgIpc) is 3.01. The van der Waals surface area contributed by atoms with Gasteiger partial charge in [-0.1, -0.05) is 27.7 Å². The van der Waals surface area contributed by atoms with E-state index >= 15 is 0 Å². The van der Waals surface area contributed by atoms with Crippen LogP contribution in [0.1, 0.15) is 68.3 Å². The summed E-state index contributed by atoms with van der Waals surface area (Å²) in [6.07, 6.45) is 2.43. The molecule has 1 aliphatic carbocycles. The molecule has 0 amide bonds. The van der Waals surface area contributed by atoms with Crippen molar-refractivity contribution in [1.82, 2.24) is 0 Å². The van der Waals surface area contributed by atoms with Gasteiger partial charge in [0.05, 0.1) is 10.6 Å². The van der Waals surface area contributed by atoms with Crippen molar-refractivity contribution in [3.05, 3.63) is 46.3 Å². The molecule has 1 aromatic heterocycles. The minimum atomic E-state index is -0.885. The van der Waals surface area contributed by atoms with Gasteiger partial charge in [-0.05, 0) is 66.5 Å². The molecule has 1 aliphatic rings. The molecule has 0 atom stereocenters. The summed E-state index contributed by atoms with van der Waals surface area (Å²) in [5, 5.41) is 10.4. The maximum absolute atomic E-state index is 11.1. The van der Waals surface area contributed by atoms with Gasteiger partial charge in [-0.15, -0.1) is 11.3 Å². The Morgan fingerprint density at radius 1 is 1.12 bits per heavy atom. The lowest BCUT2D eigenvalue weighted by Crippen LogP contribution is -2.31. The van der Waals surface area contributed by atoms with E-state index in [2.05, 4.69) is 45.6 Å². The number of carboxylic acid groups (broad SMARTS) is 1. The van der Waals surface area contributed by atoms with Crippen LogP contribution in [-0.4, -0.2) is 17.6 Å². The Labute approximate surface area is 154 Å². The molecule has 25 heavy (non-hydrogen) atoms. The van der Waals surface area contributed by atoms with E-state index in [0.29, 0.717) is 5.56 Å². The van der Waals surface area contributed by atoms with Crippen LogP contribution in [0.3, 0.4) is 0 Å². The highest BCUT2D eigenvalue weighted by molar-refractivity contribution is 7.16. The molecule has 3 nitrogen and oxygen atoms in total. The van der Waals surface area contributed by atoms with Crippen LogP contribution in [0.5, 0.6) is 0 Å². The van der Waals surface area contributed by atoms with Crippen molar-refractivity contribution in [2.45, 2.75) is 58.3 Å². The maximum atomic E-state index is 11.1. The van der Waals surface area contributed by atoms with Gasteiger partial charge in [0.25, 0.3) is 0 Å². The first-order chi connectivity index (χ1) is 11.7. The van der Waals surface area contributed by atoms with Gasteiger partial charge < -0.3 is 10.0 Å². The summed E-state index contributed by atoms with van der Waals surface area (Å²) in [6.45, 7) is 12.4. The highest BCUT2D eigenvalue weighted by Gasteiger charge is 2.39. The third-order valence-corrected chi connectivity index (χ3v) is 6.97. The fourth-order valence-corrected chi connectivity index (χ4v) is 5.19. The molecule has 1 N–H and O–H groups in total. The van der Waals surface area contributed by atoms with Crippen LogP contribution in [0.2, 0.25) is 0 Å². The topological polar surface area (TPSA) is 40.5 Å². The minimum absolute atomic E-state index is 0.214. The number of rotatable bonds is 4. The van der Waals surface area contributed by atoms with Gasteiger partial charge >= 0.3 is 5.97 Å². The van der Waals surface area contributed by atoms with Crippen molar-refractivity contribution < 1.29 is 9.90 Å². The zero-order valence-electron chi connectivity index (χ0n) is 15.7. The molecule has 0 bridgehead atoms. The normalized spacial score (nSPS) is 17.8. The fourth-order valence-electron chi connectivity index (χ4n) is 3.64. The van der Waals surface area contributed by atoms with Gasteiger partial charge in [0.1, 0.15) is 0 Å². The zero-order valence-corrected chi connectivity index (χ0v) is 16.5. The maximum Gasteiger partial charge on any atom is 0.335 e. The second kappa shape index (κ2) is 6.17. The molecule has 0 saturated carbocycles. The number of aromatic carboxylic acids is 1. The first kappa shape index (κ1) is 18.0. The largest absolute Gasteiger partial charge is 0.478 e. The molecule has 0 unspecified atom stereocenters. The molecular formula is C21H27NO2S. The zero-order chi connectivity index (χ0) is 18.4. The lowest BCUT2D eigenvalue weighted by molar-refractivity contribution is 0.0697. The summed E-state index contributed by atoms with van der Waals surface area (Å²) in [7, 11) is 0. The number of carboxylic acids is 1. The SMILES string of the molecule is CCN(c1ccc(C(=O)O)cc1)c1cc2c(s1)C(C)(C)CCC2(C)C. The molecule has 1 aromatic carbocycles. The van der Waals surface area contributed by atoms with Gasteiger partial charge in [-0.2, -0.15) is 0 Å². The monoisotopic (exact) mass is 357 g/mol. The Balaban J connectivity index is 2.03. The predicted molar refractivity (Wildman–Crippen MR) is 106 cm³/mol. The summed E-state index contributed by atoms with van der Waals surface area (Å²) in [5.74, 6) is -0.885. The van der Waals surface area contributed by atoms with E-state index < -0.39 is 5.97 Å². The van der Waals surface area contributed by atoms with E-state index in [1.54, 1.807) is 12.1 Å². The second-order valence-corrected chi connectivity index (χ2v) is 9.22. The van der Waals surface area contributed by atoms with E-state index in [4.69, 9.17) is 5.11 Å². The van der Waals surface area contributed by atoms with Crippen molar-refractivity contribution in [1.29, 1.82) is 0 Å². The molecular weight excluding hydrogens is 330 g/mol. The molecule has 4 heteroatoms. The first-order valence-corrected chi connectivity index (χ1v) is 9.73. The Bertz CT molecular complexity index is 753. The molecule has 0 fully saturated rings. The van der Waals surface area contributed by atoms with E-state index in [-0.39, 0.29) is 10.8 Å². The van der Waals surface area contributed by atoms with Crippen LogP contribution in [-0.2, 0) is 10.8 Å². The summed E-state index contributed by atoms with van der Waals surface area (Å²) < 4.78 is 0. The number of nitrogens with zero attached hydrogens (tertiary/aromatic N) is 1. The van der Waals surface area contributed by atoms with Gasteiger partial charge in [-0.3, -0.25) is 0 Å². The first-order valence-electron chi connectivity index (χ1n) is 8.91. The molecule has 0 aliphatic heterocycles. The van der Waals surface area contributed by atoms with E-state index in [0.717, 1.165) is 12.2 Å². The number of hydrogen-bond acceptors (Lipinski definition) is 3. The molecule has 1 heterocycles. The number of thiophene rings is 1. The minimum Gasteiger partial charge on any atom is -0.478 e. The number of carbonyl (C=O) groups is 1. The lowest BCUT2D eigenvalue weighted by atomic mass is 9.67. The van der Waals surface area contributed by atoms with E-state index in [1.807, 2.05) is 23.5 Å². The fraction of sp³-hybridized carbons (Fsp3) is 0.476. The Morgan fingerprint density at radius 3 is 2.24 bits per heavy atom. The molecule has 0 spiro atoms. The number of hydrogen-bond donors (Lipinski definition) is 1. The van der Waals surface area contributed by atoms with Crippen molar-refractivity contribution in [2.75, 3.05) is 11.4 Å². The third kappa shape index (κ3) is 3.20. The van der Waals surface area contributed by atoms with Gasteiger partial charge in [0.2, 0.25) is 0 Å². The molecule has 0 saturated heterocycles. The standard InChI is InChI=1S/C21H27NO2S/c1-6-22(15-9-7-14(8-10-15)19(23)24)17-13-16-18(25-17)21(4,5)12-11-20(16,2)3/h7-10,13H,6,11-12H2,1-5H3,(H,23,24). The van der Waals surface area contributed by atoms with E-state index in [9.17, 15) is 4.79 Å². The summed E-state index contributed by atoms with van der Waals surface area (Å²) >= 11 is 1.89. The average molecular weight is 358 g/mol. The van der Waals surface area contributed by atoms with Crippen molar-refractivity contribution in [3.8, 4) is 0 Å². The molecule has 134 valence electrons. The number of fused-ring (bicyclic) bond motifs is 1. The summed E-state index contributed by atoms with van der Waals surface area (Å²) in [5.41, 5.74) is 3.28. The van der Waals surface area contributed by atoms with Crippen molar-refractivity contribution >= 4 is 28.0 Å². The van der Waals surface area contributed by atoms with Gasteiger partial charge in [0, 0.05) is 17.1 Å². The predicted octanol–water partition coefficient (Wildman–Crippen LogP) is 5.95. The molecule has 0 radical (unpaired) electrons. The Hall–Kier alpha value is -1.81. The van der Waals surface area contributed by atoms with Gasteiger partial charge in [0.15, 0.2) is 0 Å². The van der Waals surface area contributed by atoms with Crippen molar-refractivity contribution in [3.63, 3.8) is 0 Å². The number of anilines is 2. The quantitative estimate of drug-likeness (QED) is 0.734. The highest BCUT2D eigenvalue weighted by atomic mass is 32.1. The van der Waals surface area contributed by atoms with Gasteiger partial charge in [-0.25, -0.2) is 4.79 Å². The van der Waals surface area contributed by atoms with Crippen molar-refractivity contribution in [2.24, 2.45) is 0 Å². The molecule has 2 aromatic rings. The Kier molecular flexibility index (Phi) is 4.44.